The Balaban J connectivity index is 1.93. The summed E-state index contributed by atoms with van der Waals surface area (Å²) >= 11 is -5.67. The number of allylic oxidation sites excluding steroid dienone is 1. The Hall–Kier alpha value is -3.01. The molecule has 0 saturated carbocycles. The van der Waals surface area contributed by atoms with Crippen LogP contribution in [0.4, 0.5) is 0 Å². The average Bonchev–Trinajstić information content (AvgIpc) is 3.19. The number of alkyl halides is 1. The fourth-order valence-corrected chi connectivity index (χ4v) is 14.7. The summed E-state index contributed by atoms with van der Waals surface area (Å²) in [4.78, 5) is 37.5. The molecule has 0 N–H and O–H groups in total. The molecular weight excluding hydrogens is 513 g/mol. The third-order valence-corrected chi connectivity index (χ3v) is 15.7. The van der Waals surface area contributed by atoms with Gasteiger partial charge in [-0.2, -0.15) is 0 Å². The Labute approximate surface area is 182 Å². The summed E-state index contributed by atoms with van der Waals surface area (Å²) in [6, 6.07) is 16.5. The monoisotopic (exact) mass is 536 g/mol. The molecule has 2 aliphatic rings. The van der Waals surface area contributed by atoms with Gasteiger partial charge in [0.1, 0.15) is 0 Å². The first-order valence-corrected chi connectivity index (χ1v) is 14.6. The van der Waals surface area contributed by atoms with Crippen molar-refractivity contribution in [3.05, 3.63) is 81.4 Å². The van der Waals surface area contributed by atoms with Gasteiger partial charge < -0.3 is 0 Å². The molecule has 2 aromatic carbocycles. The second kappa shape index (κ2) is 7.60. The minimum absolute atomic E-state index is 0.248. The number of hydrogen-bond acceptors (Lipinski definition) is 6. The summed E-state index contributed by atoms with van der Waals surface area (Å²) in [5, 5.41) is 0. The van der Waals surface area contributed by atoms with E-state index in [1.807, 2.05) is 48.0 Å². The molecule has 162 valence electrons. The molecule has 0 fully saturated rings. The maximum absolute atomic E-state index is 12.9. The molecule has 2 heterocycles. The number of nitrogens with zero attached hydrogens (tertiary/aromatic N) is 1. The second-order valence-electron chi connectivity index (χ2n) is 7.28. The molecule has 2 aromatic rings. The van der Waals surface area contributed by atoms with Gasteiger partial charge in [-0.15, -0.1) is 0 Å². The Kier molecular flexibility index (Phi) is 5.20. The van der Waals surface area contributed by atoms with Crippen molar-refractivity contribution in [3.8, 4) is 0 Å². The van der Waals surface area contributed by atoms with Gasteiger partial charge in [0.25, 0.3) is 0 Å². The summed E-state index contributed by atoms with van der Waals surface area (Å²) in [5.41, 5.74) is 2.26. The summed E-state index contributed by atoms with van der Waals surface area (Å²) in [6.45, 7) is 2.44. The number of hydrogen-bond donors (Lipinski definition) is 0. The average molecular weight is 536 g/mol. The number of carbonyl (C=O) groups is 3. The Morgan fingerprint density at radius 3 is 2.26 bits per heavy atom. The van der Waals surface area contributed by atoms with Gasteiger partial charge in [-0.25, -0.2) is 0 Å². The SMILES string of the molecule is CC(=O)OI1(OC(C)=O)(C2C=CC(Cc3ccccc3)=[N+]2C)OC(=O)c2ccccc21. The molecule has 0 bridgehead atoms. The van der Waals surface area contributed by atoms with Crippen LogP contribution in [0, 0.1) is 3.57 Å². The molecule has 0 aromatic heterocycles. The Bertz CT molecular complexity index is 1130. The summed E-state index contributed by atoms with van der Waals surface area (Å²) < 4.78 is 19.2. The van der Waals surface area contributed by atoms with E-state index in [9.17, 15) is 14.4 Å². The molecule has 7 nitrogen and oxygen atoms in total. The van der Waals surface area contributed by atoms with Gasteiger partial charge in [0.15, 0.2) is 0 Å². The molecule has 1 unspecified atom stereocenters. The molecule has 4 rings (SSSR count). The molecule has 31 heavy (non-hydrogen) atoms. The van der Waals surface area contributed by atoms with E-state index in [1.54, 1.807) is 30.3 Å². The molecular formula is C23H23INO6+. The summed E-state index contributed by atoms with van der Waals surface area (Å²) in [5.74, 6) is -2.03. The van der Waals surface area contributed by atoms with Crippen molar-refractivity contribution in [2.24, 2.45) is 0 Å². The first-order valence-electron chi connectivity index (χ1n) is 9.67. The predicted octanol–water partition coefficient (Wildman–Crippen LogP) is 3.70. The topological polar surface area (TPSA) is 81.9 Å². The molecule has 0 aliphatic carbocycles. The first kappa shape index (κ1) is 21.2. The van der Waals surface area contributed by atoms with Crippen LogP contribution in [0.15, 0.2) is 66.7 Å². The van der Waals surface area contributed by atoms with Gasteiger partial charge in [-0.05, 0) is 0 Å². The third-order valence-electron chi connectivity index (χ3n) is 5.07. The standard InChI is InChI=1S/C23H23INO6/c1-16(26)29-24(30-17(2)27,21-12-8-7-11-20(21)23(28)31-24)22-14-13-19(25(22)3)15-18-9-5-4-6-10-18/h4-14,22H,15H2,1-3H3/q+1. The zero-order valence-corrected chi connectivity index (χ0v) is 19.6. The second-order valence-corrected chi connectivity index (χ2v) is 15.6. The maximum atomic E-state index is 12.9. The number of rotatable bonds is 5. The molecule has 8 heteroatoms. The van der Waals surface area contributed by atoms with Crippen LogP contribution in [0.25, 0.3) is 0 Å². The van der Waals surface area contributed by atoms with Crippen molar-refractivity contribution < 1.29 is 28.2 Å². The summed E-state index contributed by atoms with van der Waals surface area (Å²) in [7, 11) is 1.82. The molecule has 0 radical (unpaired) electrons. The van der Waals surface area contributed by atoms with Crippen LogP contribution in [0.3, 0.4) is 0 Å². The van der Waals surface area contributed by atoms with E-state index >= 15 is 0 Å². The zero-order valence-electron chi connectivity index (χ0n) is 17.4. The van der Waals surface area contributed by atoms with E-state index in [4.69, 9.17) is 9.20 Å². The summed E-state index contributed by atoms with van der Waals surface area (Å²) in [6.07, 6.45) is 4.31. The van der Waals surface area contributed by atoms with Crippen molar-refractivity contribution in [3.63, 3.8) is 0 Å². The van der Waals surface area contributed by atoms with E-state index in [1.165, 1.54) is 13.8 Å². The number of carbonyl (C=O) groups excluding carboxylic acids is 3. The molecule has 0 spiro atoms. The quantitative estimate of drug-likeness (QED) is 0.251. The van der Waals surface area contributed by atoms with E-state index in [-0.39, 0.29) is 5.56 Å². The normalized spacial score (nSPS) is 21.6. The number of halogens is 1. The molecule has 1 atom stereocenters. The van der Waals surface area contributed by atoms with Gasteiger partial charge >= 0.3 is 183 Å². The van der Waals surface area contributed by atoms with Gasteiger partial charge in [0.05, 0.1) is 0 Å². The first-order chi connectivity index (χ1) is 14.8. The van der Waals surface area contributed by atoms with Crippen LogP contribution in [0.1, 0.15) is 29.8 Å². The van der Waals surface area contributed by atoms with Crippen molar-refractivity contribution in [2.75, 3.05) is 7.05 Å². The fraction of sp³-hybridized carbons (Fsp3) is 0.217. The number of benzene rings is 2. The predicted molar refractivity (Wildman–Crippen MR) is 122 cm³/mol. The Morgan fingerprint density at radius 1 is 1.00 bits per heavy atom. The molecule has 2 aliphatic heterocycles. The van der Waals surface area contributed by atoms with Crippen LogP contribution in [-0.4, -0.2) is 39.3 Å². The van der Waals surface area contributed by atoms with E-state index in [0.717, 1.165) is 11.3 Å². The van der Waals surface area contributed by atoms with Crippen molar-refractivity contribution in [1.82, 2.24) is 0 Å². The van der Waals surface area contributed by atoms with Crippen molar-refractivity contribution in [1.29, 1.82) is 0 Å². The van der Waals surface area contributed by atoms with Crippen LogP contribution >= 0.6 is 18.3 Å². The van der Waals surface area contributed by atoms with Gasteiger partial charge in [0.2, 0.25) is 0 Å². The molecule has 0 saturated heterocycles. The van der Waals surface area contributed by atoms with Crippen LogP contribution < -0.4 is 0 Å². The third kappa shape index (κ3) is 3.34. The Morgan fingerprint density at radius 2 is 1.61 bits per heavy atom. The van der Waals surface area contributed by atoms with Crippen molar-refractivity contribution >= 4 is 41.9 Å². The minimum atomic E-state index is -5.67. The van der Waals surface area contributed by atoms with Gasteiger partial charge in [0, 0.05) is 0 Å². The fourth-order valence-electron chi connectivity index (χ4n) is 3.90. The zero-order chi connectivity index (χ0) is 22.2. The number of likely N-dealkylation sites (N-methyl/N-ethyl adjacent to an activating group) is 1. The van der Waals surface area contributed by atoms with Gasteiger partial charge in [-0.1, -0.05) is 0 Å². The molecule has 0 amide bonds. The van der Waals surface area contributed by atoms with Crippen LogP contribution in [0.5, 0.6) is 0 Å². The van der Waals surface area contributed by atoms with Crippen molar-refractivity contribution in [2.45, 2.75) is 24.3 Å². The van der Waals surface area contributed by atoms with E-state index in [2.05, 4.69) is 0 Å². The van der Waals surface area contributed by atoms with Crippen LogP contribution in [-0.2, 0) is 25.2 Å². The van der Waals surface area contributed by atoms with E-state index in [0.29, 0.717) is 9.99 Å². The van der Waals surface area contributed by atoms with Gasteiger partial charge in [-0.3, -0.25) is 0 Å². The van der Waals surface area contributed by atoms with Crippen LogP contribution in [0.2, 0.25) is 0 Å². The number of fused-ring (bicyclic) bond motifs is 1. The van der Waals surface area contributed by atoms with E-state index < -0.39 is 40.2 Å².